The number of piperidine rings is 1. The Morgan fingerprint density at radius 1 is 1.35 bits per heavy atom. The van der Waals surface area contributed by atoms with Crippen molar-refractivity contribution < 1.29 is 5.11 Å². The lowest BCUT2D eigenvalue weighted by Gasteiger charge is -2.35. The summed E-state index contributed by atoms with van der Waals surface area (Å²) in [4.78, 5) is 2.60. The van der Waals surface area contributed by atoms with E-state index >= 15 is 0 Å². The molecule has 2 nitrogen and oxygen atoms in total. The third kappa shape index (κ3) is 3.47. The van der Waals surface area contributed by atoms with Crippen LogP contribution in [0.15, 0.2) is 24.3 Å². The summed E-state index contributed by atoms with van der Waals surface area (Å²) in [5.41, 5.74) is 1.31. The van der Waals surface area contributed by atoms with E-state index in [1.807, 2.05) is 12.1 Å². The van der Waals surface area contributed by atoms with Gasteiger partial charge in [-0.2, -0.15) is 0 Å². The first-order chi connectivity index (χ1) is 8.15. The molecular formula is C15H23NO. The second kappa shape index (κ2) is 5.54. The van der Waals surface area contributed by atoms with Gasteiger partial charge < -0.3 is 10.0 Å². The second-order valence-electron chi connectivity index (χ2n) is 5.46. The molecule has 94 valence electrons. The molecule has 1 fully saturated rings. The van der Waals surface area contributed by atoms with Crippen LogP contribution in [0.1, 0.15) is 32.3 Å². The van der Waals surface area contributed by atoms with Crippen LogP contribution in [0.5, 0.6) is 5.75 Å². The van der Waals surface area contributed by atoms with E-state index in [1.54, 1.807) is 12.1 Å². The lowest BCUT2D eigenvalue weighted by molar-refractivity contribution is 0.138. The van der Waals surface area contributed by atoms with Crippen molar-refractivity contribution in [3.8, 4) is 5.75 Å². The van der Waals surface area contributed by atoms with Gasteiger partial charge in [-0.05, 0) is 56.3 Å². The van der Waals surface area contributed by atoms with Gasteiger partial charge in [0.1, 0.15) is 5.75 Å². The van der Waals surface area contributed by atoms with E-state index in [-0.39, 0.29) is 0 Å². The number of phenolic OH excluding ortho intramolecular Hbond substituents is 1. The first-order valence-corrected chi connectivity index (χ1v) is 6.67. The fourth-order valence-corrected chi connectivity index (χ4v) is 2.73. The zero-order valence-corrected chi connectivity index (χ0v) is 10.9. The fraction of sp³-hybridized carbons (Fsp3) is 0.600. The van der Waals surface area contributed by atoms with E-state index in [0.29, 0.717) is 11.8 Å². The molecule has 1 aromatic carbocycles. The van der Waals surface area contributed by atoms with Crippen LogP contribution >= 0.6 is 0 Å². The molecule has 1 N–H and O–H groups in total. The molecule has 0 radical (unpaired) electrons. The Kier molecular flexibility index (Phi) is 4.06. The highest BCUT2D eigenvalue weighted by molar-refractivity contribution is 5.26. The third-order valence-corrected chi connectivity index (χ3v) is 3.78. The van der Waals surface area contributed by atoms with Crippen LogP contribution in [0.4, 0.5) is 0 Å². The fourth-order valence-electron chi connectivity index (χ4n) is 2.73. The molecule has 0 spiro atoms. The zero-order valence-electron chi connectivity index (χ0n) is 10.9. The van der Waals surface area contributed by atoms with Gasteiger partial charge >= 0.3 is 0 Å². The number of aromatic hydroxyl groups is 1. The monoisotopic (exact) mass is 233 g/mol. The number of likely N-dealkylation sites (tertiary alicyclic amines) is 1. The summed E-state index contributed by atoms with van der Waals surface area (Å²) in [5, 5.41) is 9.26. The van der Waals surface area contributed by atoms with E-state index in [1.165, 1.54) is 31.5 Å². The SMILES string of the molecule is CC1CCCN(C(C)Cc2ccc(O)cc2)C1. The second-order valence-corrected chi connectivity index (χ2v) is 5.46. The summed E-state index contributed by atoms with van der Waals surface area (Å²) >= 11 is 0. The average Bonchev–Trinajstić information content (AvgIpc) is 2.32. The topological polar surface area (TPSA) is 23.5 Å². The molecule has 0 aliphatic carbocycles. The molecule has 1 aliphatic heterocycles. The van der Waals surface area contributed by atoms with Crippen molar-refractivity contribution >= 4 is 0 Å². The smallest absolute Gasteiger partial charge is 0.115 e. The minimum absolute atomic E-state index is 0.355. The molecule has 2 rings (SSSR count). The number of benzene rings is 1. The van der Waals surface area contributed by atoms with Crippen molar-refractivity contribution in [2.75, 3.05) is 13.1 Å². The highest BCUT2D eigenvalue weighted by Gasteiger charge is 2.20. The van der Waals surface area contributed by atoms with Crippen LogP contribution < -0.4 is 0 Å². The molecule has 0 amide bonds. The van der Waals surface area contributed by atoms with Crippen molar-refractivity contribution in [2.24, 2.45) is 5.92 Å². The first-order valence-electron chi connectivity index (χ1n) is 6.67. The van der Waals surface area contributed by atoms with Crippen molar-refractivity contribution in [2.45, 2.75) is 39.2 Å². The van der Waals surface area contributed by atoms with Gasteiger partial charge in [-0.1, -0.05) is 19.1 Å². The molecule has 0 aromatic heterocycles. The Bertz CT molecular complexity index is 346. The number of nitrogens with zero attached hydrogens (tertiary/aromatic N) is 1. The maximum Gasteiger partial charge on any atom is 0.115 e. The first kappa shape index (κ1) is 12.4. The molecule has 2 unspecified atom stereocenters. The molecule has 2 heteroatoms. The van der Waals surface area contributed by atoms with Crippen molar-refractivity contribution in [1.29, 1.82) is 0 Å². The molecule has 17 heavy (non-hydrogen) atoms. The minimum Gasteiger partial charge on any atom is -0.508 e. The molecule has 1 aliphatic rings. The highest BCUT2D eigenvalue weighted by atomic mass is 16.3. The molecular weight excluding hydrogens is 210 g/mol. The Labute approximate surface area is 104 Å². The van der Waals surface area contributed by atoms with Crippen LogP contribution in [0.3, 0.4) is 0 Å². The molecule has 0 saturated carbocycles. The third-order valence-electron chi connectivity index (χ3n) is 3.78. The standard InChI is InChI=1S/C15H23NO/c1-12-4-3-9-16(11-12)13(2)10-14-5-7-15(17)8-6-14/h5-8,12-13,17H,3-4,9-11H2,1-2H3. The van der Waals surface area contributed by atoms with Crippen molar-refractivity contribution in [1.82, 2.24) is 4.90 Å². The molecule has 1 aromatic rings. The minimum atomic E-state index is 0.355. The van der Waals surface area contributed by atoms with Crippen molar-refractivity contribution in [3.05, 3.63) is 29.8 Å². The Hall–Kier alpha value is -1.02. The molecule has 1 saturated heterocycles. The van der Waals surface area contributed by atoms with Crippen LogP contribution in [0, 0.1) is 5.92 Å². The van der Waals surface area contributed by atoms with Crippen LogP contribution in [0.25, 0.3) is 0 Å². The van der Waals surface area contributed by atoms with Crippen LogP contribution in [-0.2, 0) is 6.42 Å². The number of hydrogen-bond acceptors (Lipinski definition) is 2. The van der Waals surface area contributed by atoms with E-state index < -0.39 is 0 Å². The average molecular weight is 233 g/mol. The predicted octanol–water partition coefficient (Wildman–Crippen LogP) is 3.06. The largest absolute Gasteiger partial charge is 0.508 e. The van der Waals surface area contributed by atoms with Crippen LogP contribution in [-0.4, -0.2) is 29.1 Å². The zero-order chi connectivity index (χ0) is 12.3. The Balaban J connectivity index is 1.91. The maximum absolute atomic E-state index is 9.26. The summed E-state index contributed by atoms with van der Waals surface area (Å²) < 4.78 is 0. The Morgan fingerprint density at radius 3 is 2.71 bits per heavy atom. The highest BCUT2D eigenvalue weighted by Crippen LogP contribution is 2.20. The van der Waals surface area contributed by atoms with Gasteiger partial charge in [0.25, 0.3) is 0 Å². The van der Waals surface area contributed by atoms with E-state index in [9.17, 15) is 5.11 Å². The molecule has 1 heterocycles. The van der Waals surface area contributed by atoms with E-state index in [2.05, 4.69) is 18.7 Å². The molecule has 0 bridgehead atoms. The van der Waals surface area contributed by atoms with Gasteiger partial charge in [0.05, 0.1) is 0 Å². The lowest BCUT2D eigenvalue weighted by atomic mass is 9.97. The van der Waals surface area contributed by atoms with Crippen LogP contribution in [0.2, 0.25) is 0 Å². The number of hydrogen-bond donors (Lipinski definition) is 1. The summed E-state index contributed by atoms with van der Waals surface area (Å²) in [5.74, 6) is 1.19. The van der Waals surface area contributed by atoms with E-state index in [4.69, 9.17) is 0 Å². The Morgan fingerprint density at radius 2 is 2.06 bits per heavy atom. The quantitative estimate of drug-likeness (QED) is 0.867. The van der Waals surface area contributed by atoms with Gasteiger partial charge in [-0.15, -0.1) is 0 Å². The number of rotatable bonds is 3. The van der Waals surface area contributed by atoms with E-state index in [0.717, 1.165) is 12.3 Å². The summed E-state index contributed by atoms with van der Waals surface area (Å²) in [6.45, 7) is 7.13. The summed E-state index contributed by atoms with van der Waals surface area (Å²) in [6, 6.07) is 8.21. The maximum atomic E-state index is 9.26. The lowest BCUT2D eigenvalue weighted by Crippen LogP contribution is -2.41. The number of phenols is 1. The van der Waals surface area contributed by atoms with Gasteiger partial charge in [0.15, 0.2) is 0 Å². The summed E-state index contributed by atoms with van der Waals surface area (Å²) in [7, 11) is 0. The normalized spacial score (nSPS) is 23.5. The predicted molar refractivity (Wildman–Crippen MR) is 71.2 cm³/mol. The van der Waals surface area contributed by atoms with Crippen molar-refractivity contribution in [3.63, 3.8) is 0 Å². The van der Waals surface area contributed by atoms with Gasteiger partial charge in [0.2, 0.25) is 0 Å². The summed E-state index contributed by atoms with van der Waals surface area (Å²) in [6.07, 6.45) is 3.79. The van der Waals surface area contributed by atoms with Gasteiger partial charge in [-0.25, -0.2) is 0 Å². The van der Waals surface area contributed by atoms with Gasteiger partial charge in [-0.3, -0.25) is 0 Å². The molecule has 2 atom stereocenters. The van der Waals surface area contributed by atoms with Gasteiger partial charge in [0, 0.05) is 12.6 Å².